The number of carbonyl (C=O) groups excluding carboxylic acids is 1. The lowest BCUT2D eigenvalue weighted by Gasteiger charge is -2.31. The van der Waals surface area contributed by atoms with E-state index in [0.717, 1.165) is 33.9 Å². The number of benzene rings is 2. The largest absolute Gasteiger partial charge is 0.492 e. The summed E-state index contributed by atoms with van der Waals surface area (Å²) in [5.41, 5.74) is 0.0794. The van der Waals surface area contributed by atoms with Gasteiger partial charge in [-0.25, -0.2) is 4.79 Å². The SMILES string of the molecule is C=C(C)C(=O)OCC(C)(COc1ccc2cc(-c3ccccc3CC)sc2c1)C(F)(F)F. The number of rotatable bonds is 8. The third kappa shape index (κ3) is 5.15. The fourth-order valence-electron chi connectivity index (χ4n) is 3.10. The summed E-state index contributed by atoms with van der Waals surface area (Å²) in [7, 11) is 0. The predicted molar refractivity (Wildman–Crippen MR) is 122 cm³/mol. The van der Waals surface area contributed by atoms with Gasteiger partial charge in [-0.1, -0.05) is 37.8 Å². The first kappa shape index (κ1) is 23.9. The molecule has 2 aromatic carbocycles. The minimum atomic E-state index is -4.62. The molecule has 1 atom stereocenters. The van der Waals surface area contributed by atoms with Gasteiger partial charge in [-0.15, -0.1) is 11.3 Å². The van der Waals surface area contributed by atoms with Crippen LogP contribution in [0, 0.1) is 5.41 Å². The van der Waals surface area contributed by atoms with E-state index in [1.807, 2.05) is 18.2 Å². The average Bonchev–Trinajstić information content (AvgIpc) is 3.18. The van der Waals surface area contributed by atoms with E-state index in [1.165, 1.54) is 12.5 Å². The Bertz CT molecular complexity index is 1130. The highest BCUT2D eigenvalue weighted by Gasteiger charge is 2.53. The number of hydrogen-bond donors (Lipinski definition) is 0. The fraction of sp³-hybridized carbons (Fsp3) is 0.320. The summed E-state index contributed by atoms with van der Waals surface area (Å²) in [5.74, 6) is -0.531. The third-order valence-electron chi connectivity index (χ3n) is 5.27. The smallest absolute Gasteiger partial charge is 0.400 e. The van der Waals surface area contributed by atoms with Gasteiger partial charge in [-0.2, -0.15) is 13.2 Å². The molecule has 170 valence electrons. The van der Waals surface area contributed by atoms with Crippen molar-refractivity contribution in [3.05, 3.63) is 66.2 Å². The van der Waals surface area contributed by atoms with Crippen LogP contribution in [0.5, 0.6) is 5.75 Å². The second-order valence-electron chi connectivity index (χ2n) is 8.02. The van der Waals surface area contributed by atoms with Gasteiger partial charge < -0.3 is 9.47 Å². The van der Waals surface area contributed by atoms with Crippen LogP contribution in [0.15, 0.2) is 60.7 Å². The van der Waals surface area contributed by atoms with Crippen molar-refractivity contribution in [2.24, 2.45) is 5.41 Å². The van der Waals surface area contributed by atoms with E-state index in [0.29, 0.717) is 5.75 Å². The Hall–Kier alpha value is -2.80. The zero-order chi connectivity index (χ0) is 23.5. The number of esters is 1. The van der Waals surface area contributed by atoms with Crippen molar-refractivity contribution < 1.29 is 27.4 Å². The highest BCUT2D eigenvalue weighted by atomic mass is 32.1. The molecule has 3 nitrogen and oxygen atoms in total. The molecule has 0 spiro atoms. The molecule has 7 heteroatoms. The summed E-state index contributed by atoms with van der Waals surface area (Å²) in [6.45, 7) is 6.32. The number of thiophene rings is 1. The van der Waals surface area contributed by atoms with E-state index in [4.69, 9.17) is 9.47 Å². The van der Waals surface area contributed by atoms with Crippen molar-refractivity contribution >= 4 is 27.4 Å². The van der Waals surface area contributed by atoms with Gasteiger partial charge in [-0.05, 0) is 61.0 Å². The molecule has 0 radical (unpaired) electrons. The fourth-order valence-corrected chi connectivity index (χ4v) is 4.25. The summed E-state index contributed by atoms with van der Waals surface area (Å²) in [4.78, 5) is 12.7. The summed E-state index contributed by atoms with van der Waals surface area (Å²) < 4.78 is 52.3. The number of halogens is 3. The average molecular weight is 463 g/mol. The van der Waals surface area contributed by atoms with E-state index < -0.39 is 30.8 Å². The standard InChI is InChI=1S/C25H25F3O3S/c1-5-17-8-6-7-9-20(17)22-12-18-10-11-19(13-21(18)32-22)30-14-24(4,25(26,27)28)15-31-23(29)16(2)3/h6-13H,2,5,14-15H2,1,3-4H3. The summed E-state index contributed by atoms with van der Waals surface area (Å²) in [6.07, 6.45) is -3.71. The highest BCUT2D eigenvalue weighted by molar-refractivity contribution is 7.22. The van der Waals surface area contributed by atoms with Gasteiger partial charge in [0.15, 0.2) is 0 Å². The van der Waals surface area contributed by atoms with E-state index in [-0.39, 0.29) is 5.57 Å². The lowest BCUT2D eigenvalue weighted by Crippen LogP contribution is -2.44. The monoisotopic (exact) mass is 462 g/mol. The number of hydrogen-bond acceptors (Lipinski definition) is 4. The Morgan fingerprint density at radius 2 is 1.81 bits per heavy atom. The zero-order valence-corrected chi connectivity index (χ0v) is 19.0. The number of fused-ring (bicyclic) bond motifs is 1. The van der Waals surface area contributed by atoms with Crippen molar-refractivity contribution in [2.75, 3.05) is 13.2 Å². The molecule has 0 aliphatic rings. The van der Waals surface area contributed by atoms with Crippen molar-refractivity contribution in [2.45, 2.75) is 33.4 Å². The molecule has 0 amide bonds. The second kappa shape index (κ2) is 9.36. The van der Waals surface area contributed by atoms with Gasteiger partial charge in [0.2, 0.25) is 0 Å². The molecular formula is C25H25F3O3S. The molecule has 32 heavy (non-hydrogen) atoms. The number of ether oxygens (including phenoxy) is 2. The zero-order valence-electron chi connectivity index (χ0n) is 18.2. The molecule has 0 saturated heterocycles. The van der Waals surface area contributed by atoms with Crippen molar-refractivity contribution in [3.8, 4) is 16.2 Å². The number of alkyl halides is 3. The molecule has 0 aliphatic carbocycles. The lowest BCUT2D eigenvalue weighted by atomic mass is 9.92. The topological polar surface area (TPSA) is 35.5 Å². The molecule has 1 aromatic heterocycles. The van der Waals surface area contributed by atoms with Gasteiger partial charge >= 0.3 is 12.1 Å². The maximum Gasteiger partial charge on any atom is 0.400 e. The molecular weight excluding hydrogens is 437 g/mol. The Balaban J connectivity index is 1.80. The first-order valence-electron chi connectivity index (χ1n) is 10.2. The molecule has 0 fully saturated rings. The Morgan fingerprint density at radius 3 is 2.47 bits per heavy atom. The van der Waals surface area contributed by atoms with Gasteiger partial charge in [0.05, 0.1) is 0 Å². The first-order valence-corrected chi connectivity index (χ1v) is 11.0. The van der Waals surface area contributed by atoms with Crippen LogP contribution in [-0.4, -0.2) is 25.4 Å². The van der Waals surface area contributed by atoms with Crippen LogP contribution in [0.25, 0.3) is 20.5 Å². The summed E-state index contributed by atoms with van der Waals surface area (Å²) >= 11 is 1.57. The van der Waals surface area contributed by atoms with Gasteiger partial charge in [0.25, 0.3) is 0 Å². The highest BCUT2D eigenvalue weighted by Crippen LogP contribution is 2.40. The van der Waals surface area contributed by atoms with Crippen LogP contribution in [-0.2, 0) is 16.0 Å². The van der Waals surface area contributed by atoms with Crippen LogP contribution in [0.2, 0.25) is 0 Å². The number of aryl methyl sites for hydroxylation is 1. The Kier molecular flexibility index (Phi) is 6.98. The van der Waals surface area contributed by atoms with Crippen LogP contribution in [0.4, 0.5) is 13.2 Å². The molecule has 0 N–H and O–H groups in total. The van der Waals surface area contributed by atoms with E-state index >= 15 is 0 Å². The van der Waals surface area contributed by atoms with Crippen LogP contribution < -0.4 is 4.74 Å². The molecule has 1 unspecified atom stereocenters. The number of carbonyl (C=O) groups is 1. The van der Waals surface area contributed by atoms with E-state index in [2.05, 4.69) is 31.7 Å². The lowest BCUT2D eigenvalue weighted by molar-refractivity contribution is -0.240. The molecule has 0 aliphatic heterocycles. The first-order chi connectivity index (χ1) is 15.0. The van der Waals surface area contributed by atoms with Gasteiger partial charge in [-0.3, -0.25) is 0 Å². The molecule has 3 rings (SSSR count). The maximum absolute atomic E-state index is 13.7. The normalized spacial score (nSPS) is 13.6. The molecule has 3 aromatic rings. The van der Waals surface area contributed by atoms with Gasteiger partial charge in [0, 0.05) is 15.2 Å². The predicted octanol–water partition coefficient (Wildman–Crippen LogP) is 7.20. The maximum atomic E-state index is 13.7. The minimum absolute atomic E-state index is 0.0408. The van der Waals surface area contributed by atoms with Crippen molar-refractivity contribution in [3.63, 3.8) is 0 Å². The van der Waals surface area contributed by atoms with E-state index in [9.17, 15) is 18.0 Å². The van der Waals surface area contributed by atoms with Crippen LogP contribution in [0.1, 0.15) is 26.3 Å². The molecule has 1 heterocycles. The van der Waals surface area contributed by atoms with Crippen molar-refractivity contribution in [1.29, 1.82) is 0 Å². The quantitative estimate of drug-likeness (QED) is 0.262. The Morgan fingerprint density at radius 1 is 1.09 bits per heavy atom. The second-order valence-corrected chi connectivity index (χ2v) is 9.11. The summed E-state index contributed by atoms with van der Waals surface area (Å²) in [5, 5.41) is 0.997. The van der Waals surface area contributed by atoms with Crippen LogP contribution in [0.3, 0.4) is 0 Å². The van der Waals surface area contributed by atoms with Gasteiger partial charge in [0.1, 0.15) is 24.4 Å². The van der Waals surface area contributed by atoms with Crippen molar-refractivity contribution in [1.82, 2.24) is 0 Å². The summed E-state index contributed by atoms with van der Waals surface area (Å²) in [6, 6.07) is 15.5. The van der Waals surface area contributed by atoms with E-state index in [1.54, 1.807) is 23.5 Å². The Labute approximate surface area is 189 Å². The van der Waals surface area contributed by atoms with Crippen LogP contribution >= 0.6 is 11.3 Å². The third-order valence-corrected chi connectivity index (χ3v) is 6.40. The molecule has 0 saturated carbocycles. The minimum Gasteiger partial charge on any atom is -0.492 e. The molecule has 0 bridgehead atoms.